The molecule has 0 unspecified atom stereocenters. The number of hydrogen-bond acceptors (Lipinski definition) is 6. The fourth-order valence-corrected chi connectivity index (χ4v) is 2.61. The van der Waals surface area contributed by atoms with Crippen molar-refractivity contribution in [1.29, 1.82) is 0 Å². The third-order valence-electron chi connectivity index (χ3n) is 4.06. The lowest BCUT2D eigenvalue weighted by Gasteiger charge is -2.03. The van der Waals surface area contributed by atoms with Crippen molar-refractivity contribution in [3.8, 4) is 23.0 Å². The predicted molar refractivity (Wildman–Crippen MR) is 93.1 cm³/mol. The highest BCUT2D eigenvalue weighted by atomic mass is 16.7. The van der Waals surface area contributed by atoms with E-state index in [1.54, 1.807) is 18.2 Å². The number of amides is 1. The van der Waals surface area contributed by atoms with Gasteiger partial charge in [0.25, 0.3) is 0 Å². The van der Waals surface area contributed by atoms with E-state index in [1.807, 2.05) is 31.2 Å². The van der Waals surface area contributed by atoms with Crippen LogP contribution in [0.1, 0.15) is 21.8 Å². The molecule has 3 aromatic rings. The lowest BCUT2D eigenvalue weighted by atomic mass is 10.1. The van der Waals surface area contributed by atoms with Crippen molar-refractivity contribution < 1.29 is 18.7 Å². The van der Waals surface area contributed by atoms with Crippen LogP contribution in [0.25, 0.3) is 11.5 Å². The SMILES string of the molecule is Cc1ccc(CCNC(=O)c2nnc(-c3ccc4c(c3)OCO4)o2)cc1. The Hall–Kier alpha value is -3.35. The van der Waals surface area contributed by atoms with Crippen molar-refractivity contribution in [2.24, 2.45) is 0 Å². The van der Waals surface area contributed by atoms with Gasteiger partial charge in [0.15, 0.2) is 11.5 Å². The van der Waals surface area contributed by atoms with E-state index in [0.29, 0.717) is 23.6 Å². The molecule has 1 amide bonds. The third kappa shape index (κ3) is 3.37. The van der Waals surface area contributed by atoms with Crippen LogP contribution in [0.3, 0.4) is 0 Å². The van der Waals surface area contributed by atoms with Crippen LogP contribution in [0.5, 0.6) is 11.5 Å². The third-order valence-corrected chi connectivity index (χ3v) is 4.06. The van der Waals surface area contributed by atoms with Crippen LogP contribution in [0.4, 0.5) is 0 Å². The summed E-state index contributed by atoms with van der Waals surface area (Å²) < 4.78 is 16.1. The Labute approximate surface area is 150 Å². The van der Waals surface area contributed by atoms with Crippen molar-refractivity contribution in [2.75, 3.05) is 13.3 Å². The van der Waals surface area contributed by atoms with E-state index in [0.717, 1.165) is 12.0 Å². The number of aromatic nitrogens is 2. The van der Waals surface area contributed by atoms with Crippen LogP contribution in [0, 0.1) is 6.92 Å². The van der Waals surface area contributed by atoms with Gasteiger partial charge in [-0.05, 0) is 37.1 Å². The number of nitrogens with one attached hydrogen (secondary N) is 1. The number of ether oxygens (including phenoxy) is 2. The van der Waals surface area contributed by atoms with Crippen molar-refractivity contribution in [2.45, 2.75) is 13.3 Å². The fourth-order valence-electron chi connectivity index (χ4n) is 2.61. The number of rotatable bonds is 5. The van der Waals surface area contributed by atoms with E-state index in [1.165, 1.54) is 5.56 Å². The minimum Gasteiger partial charge on any atom is -0.454 e. The second-order valence-electron chi connectivity index (χ2n) is 5.97. The molecule has 4 rings (SSSR count). The van der Waals surface area contributed by atoms with Gasteiger partial charge in [-0.1, -0.05) is 29.8 Å². The summed E-state index contributed by atoms with van der Waals surface area (Å²) in [5.41, 5.74) is 3.03. The largest absolute Gasteiger partial charge is 0.454 e. The van der Waals surface area contributed by atoms with Gasteiger partial charge in [-0.3, -0.25) is 4.79 Å². The molecule has 26 heavy (non-hydrogen) atoms. The quantitative estimate of drug-likeness (QED) is 0.761. The van der Waals surface area contributed by atoms with E-state index < -0.39 is 5.91 Å². The van der Waals surface area contributed by atoms with Crippen LogP contribution < -0.4 is 14.8 Å². The van der Waals surface area contributed by atoms with Crippen LogP contribution in [-0.2, 0) is 6.42 Å². The van der Waals surface area contributed by atoms with Gasteiger partial charge in [0.2, 0.25) is 12.7 Å². The molecule has 0 aliphatic carbocycles. The average molecular weight is 351 g/mol. The highest BCUT2D eigenvalue weighted by molar-refractivity contribution is 5.89. The lowest BCUT2D eigenvalue weighted by Crippen LogP contribution is -2.26. The monoisotopic (exact) mass is 351 g/mol. The lowest BCUT2D eigenvalue weighted by molar-refractivity contribution is 0.0920. The molecule has 1 aliphatic heterocycles. The number of nitrogens with zero attached hydrogens (tertiary/aromatic N) is 2. The minimum atomic E-state index is -0.392. The summed E-state index contributed by atoms with van der Waals surface area (Å²) in [5, 5.41) is 10.5. The highest BCUT2D eigenvalue weighted by Crippen LogP contribution is 2.35. The molecule has 0 atom stereocenters. The second-order valence-corrected chi connectivity index (χ2v) is 5.97. The van der Waals surface area contributed by atoms with Gasteiger partial charge in [0, 0.05) is 12.1 Å². The zero-order valence-electron chi connectivity index (χ0n) is 14.2. The van der Waals surface area contributed by atoms with Gasteiger partial charge in [-0.2, -0.15) is 0 Å². The second kappa shape index (κ2) is 6.87. The number of carbonyl (C=O) groups is 1. The van der Waals surface area contributed by atoms with Crippen LogP contribution >= 0.6 is 0 Å². The summed E-state index contributed by atoms with van der Waals surface area (Å²) in [5.74, 6) is 1.08. The van der Waals surface area contributed by atoms with Gasteiger partial charge >= 0.3 is 11.8 Å². The van der Waals surface area contributed by atoms with Gasteiger partial charge in [-0.15, -0.1) is 10.2 Å². The smallest absolute Gasteiger partial charge is 0.308 e. The van der Waals surface area contributed by atoms with Crippen molar-refractivity contribution in [3.63, 3.8) is 0 Å². The van der Waals surface area contributed by atoms with Gasteiger partial charge < -0.3 is 19.2 Å². The predicted octanol–water partition coefficient (Wildman–Crippen LogP) is 2.75. The normalized spacial score (nSPS) is 12.2. The Morgan fingerprint density at radius 2 is 1.88 bits per heavy atom. The molecule has 0 fully saturated rings. The average Bonchev–Trinajstić information content (AvgIpc) is 3.32. The summed E-state index contributed by atoms with van der Waals surface area (Å²) in [6.07, 6.45) is 0.731. The first-order valence-corrected chi connectivity index (χ1v) is 8.26. The fraction of sp³-hybridized carbons (Fsp3) is 0.211. The maximum atomic E-state index is 12.2. The summed E-state index contributed by atoms with van der Waals surface area (Å²) >= 11 is 0. The molecule has 7 heteroatoms. The Morgan fingerprint density at radius 1 is 1.08 bits per heavy atom. The van der Waals surface area contributed by atoms with Gasteiger partial charge in [-0.25, -0.2) is 0 Å². The number of benzene rings is 2. The number of fused-ring (bicyclic) bond motifs is 1. The van der Waals surface area contributed by atoms with E-state index in [9.17, 15) is 4.79 Å². The summed E-state index contributed by atoms with van der Waals surface area (Å²) in [7, 11) is 0. The molecule has 132 valence electrons. The number of aryl methyl sites for hydroxylation is 1. The molecule has 0 bridgehead atoms. The molecule has 1 aliphatic rings. The van der Waals surface area contributed by atoms with Gasteiger partial charge in [0.05, 0.1) is 0 Å². The first-order chi connectivity index (χ1) is 12.7. The molecular formula is C19H17N3O4. The standard InChI is InChI=1S/C19H17N3O4/c1-12-2-4-13(5-3-12)8-9-20-17(23)19-22-21-18(26-19)14-6-7-15-16(10-14)25-11-24-15/h2-7,10H,8-9,11H2,1H3,(H,20,23). The van der Waals surface area contributed by atoms with E-state index in [2.05, 4.69) is 15.5 Å². The Bertz CT molecular complexity index is 934. The first kappa shape index (κ1) is 16.1. The van der Waals surface area contributed by atoms with Crippen molar-refractivity contribution >= 4 is 5.91 Å². The zero-order valence-corrected chi connectivity index (χ0v) is 14.2. The molecule has 0 spiro atoms. The van der Waals surface area contributed by atoms with E-state index >= 15 is 0 Å². The summed E-state index contributed by atoms with van der Waals surface area (Å²) in [6.45, 7) is 2.72. The maximum absolute atomic E-state index is 12.2. The molecule has 7 nitrogen and oxygen atoms in total. The topological polar surface area (TPSA) is 86.5 Å². The minimum absolute atomic E-state index is 0.0680. The molecule has 1 N–H and O–H groups in total. The maximum Gasteiger partial charge on any atom is 0.308 e. The van der Waals surface area contributed by atoms with Crippen LogP contribution in [0.15, 0.2) is 46.9 Å². The first-order valence-electron chi connectivity index (χ1n) is 8.26. The Balaban J connectivity index is 1.38. The number of hydrogen-bond donors (Lipinski definition) is 1. The van der Waals surface area contributed by atoms with Gasteiger partial charge in [0.1, 0.15) is 0 Å². The molecule has 0 saturated carbocycles. The highest BCUT2D eigenvalue weighted by Gasteiger charge is 2.19. The van der Waals surface area contributed by atoms with E-state index in [4.69, 9.17) is 13.9 Å². The molecular weight excluding hydrogens is 334 g/mol. The molecule has 2 aromatic carbocycles. The molecule has 2 heterocycles. The number of carbonyl (C=O) groups excluding carboxylic acids is 1. The zero-order chi connectivity index (χ0) is 17.9. The molecule has 1 aromatic heterocycles. The van der Waals surface area contributed by atoms with Crippen LogP contribution in [-0.4, -0.2) is 29.4 Å². The van der Waals surface area contributed by atoms with E-state index in [-0.39, 0.29) is 18.6 Å². The molecule has 0 radical (unpaired) electrons. The summed E-state index contributed by atoms with van der Waals surface area (Å²) in [6, 6.07) is 13.5. The van der Waals surface area contributed by atoms with Crippen molar-refractivity contribution in [3.05, 3.63) is 59.5 Å². The van der Waals surface area contributed by atoms with Crippen molar-refractivity contribution in [1.82, 2.24) is 15.5 Å². The van der Waals surface area contributed by atoms with Crippen LogP contribution in [0.2, 0.25) is 0 Å². The summed E-state index contributed by atoms with van der Waals surface area (Å²) in [4.78, 5) is 12.2. The molecule has 0 saturated heterocycles. The Kier molecular flexibility index (Phi) is 4.27. The Morgan fingerprint density at radius 3 is 2.73 bits per heavy atom.